The Balaban J connectivity index is 2.12. The summed E-state index contributed by atoms with van der Waals surface area (Å²) in [6.45, 7) is 5.90. The highest BCUT2D eigenvalue weighted by molar-refractivity contribution is 5.27. The Labute approximate surface area is 114 Å². The van der Waals surface area contributed by atoms with Gasteiger partial charge in [-0.3, -0.25) is 4.98 Å². The molecule has 2 atom stereocenters. The molecule has 5 nitrogen and oxygen atoms in total. The Kier molecular flexibility index (Phi) is 5.13. The van der Waals surface area contributed by atoms with Crippen LogP contribution in [0.1, 0.15) is 25.5 Å². The van der Waals surface area contributed by atoms with Crippen LogP contribution in [0, 0.1) is 0 Å². The zero-order chi connectivity index (χ0) is 13.7. The third kappa shape index (κ3) is 3.89. The van der Waals surface area contributed by atoms with E-state index >= 15 is 0 Å². The van der Waals surface area contributed by atoms with Gasteiger partial charge in [-0.1, -0.05) is 0 Å². The van der Waals surface area contributed by atoms with Crippen LogP contribution in [0.5, 0.6) is 5.75 Å². The van der Waals surface area contributed by atoms with Crippen molar-refractivity contribution < 1.29 is 14.2 Å². The third-order valence-corrected chi connectivity index (χ3v) is 2.99. The third-order valence-electron chi connectivity index (χ3n) is 2.99. The molecule has 1 N–H and O–H groups in total. The maximum absolute atomic E-state index is 5.75. The lowest BCUT2D eigenvalue weighted by Crippen LogP contribution is -2.39. The van der Waals surface area contributed by atoms with E-state index in [1.54, 1.807) is 6.20 Å². The smallest absolute Gasteiger partial charge is 0.138 e. The van der Waals surface area contributed by atoms with E-state index in [2.05, 4.69) is 10.3 Å². The van der Waals surface area contributed by atoms with E-state index in [0.717, 1.165) is 11.3 Å². The second kappa shape index (κ2) is 6.84. The predicted octanol–water partition coefficient (Wildman–Crippen LogP) is 1.54. The van der Waals surface area contributed by atoms with Crippen LogP contribution in [0.3, 0.4) is 0 Å². The molecule has 0 amide bonds. The highest BCUT2D eigenvalue weighted by atomic mass is 16.6. The van der Waals surface area contributed by atoms with E-state index in [9.17, 15) is 0 Å². The van der Waals surface area contributed by atoms with Crippen molar-refractivity contribution in [2.45, 2.75) is 32.1 Å². The van der Waals surface area contributed by atoms with Gasteiger partial charge in [0.25, 0.3) is 0 Å². The lowest BCUT2D eigenvalue weighted by Gasteiger charge is -2.30. The Morgan fingerprint density at radius 1 is 1.37 bits per heavy atom. The molecule has 106 valence electrons. The minimum Gasteiger partial charge on any atom is -0.489 e. The van der Waals surface area contributed by atoms with Gasteiger partial charge in [0, 0.05) is 6.20 Å². The first-order chi connectivity index (χ1) is 9.20. The first-order valence-corrected chi connectivity index (χ1v) is 6.69. The topological polar surface area (TPSA) is 52.6 Å². The van der Waals surface area contributed by atoms with E-state index in [0.29, 0.717) is 19.8 Å². The van der Waals surface area contributed by atoms with Crippen LogP contribution in [-0.2, 0) is 9.47 Å². The Hall–Kier alpha value is -1.17. The van der Waals surface area contributed by atoms with Crippen molar-refractivity contribution in [3.8, 4) is 5.75 Å². The summed E-state index contributed by atoms with van der Waals surface area (Å²) in [5, 5.41) is 3.27. The number of nitrogens with zero attached hydrogens (tertiary/aromatic N) is 1. The van der Waals surface area contributed by atoms with Crippen molar-refractivity contribution in [1.82, 2.24) is 10.3 Å². The van der Waals surface area contributed by atoms with Crippen molar-refractivity contribution >= 4 is 0 Å². The number of hydrogen-bond donors (Lipinski definition) is 1. The Morgan fingerprint density at radius 2 is 2.21 bits per heavy atom. The largest absolute Gasteiger partial charge is 0.489 e. The Morgan fingerprint density at radius 3 is 2.84 bits per heavy atom. The van der Waals surface area contributed by atoms with Gasteiger partial charge in [0.15, 0.2) is 0 Å². The molecule has 5 heteroatoms. The highest BCUT2D eigenvalue weighted by Crippen LogP contribution is 2.24. The zero-order valence-corrected chi connectivity index (χ0v) is 11.8. The highest BCUT2D eigenvalue weighted by Gasteiger charge is 2.25. The standard InChI is InChI=1S/C14H22N2O3/c1-10(2)19-12-6-11(7-16-8-12)14(15-3)13-9-17-4-5-18-13/h6-8,10,13-15H,4-5,9H2,1-3H3. The fourth-order valence-corrected chi connectivity index (χ4v) is 2.21. The summed E-state index contributed by atoms with van der Waals surface area (Å²) in [5.74, 6) is 0.782. The van der Waals surface area contributed by atoms with Crippen molar-refractivity contribution in [3.05, 3.63) is 24.0 Å². The zero-order valence-electron chi connectivity index (χ0n) is 11.8. The first-order valence-electron chi connectivity index (χ1n) is 6.69. The van der Waals surface area contributed by atoms with Gasteiger partial charge >= 0.3 is 0 Å². The van der Waals surface area contributed by atoms with Crippen molar-refractivity contribution in [2.24, 2.45) is 0 Å². The van der Waals surface area contributed by atoms with Crippen LogP contribution in [0.4, 0.5) is 0 Å². The number of nitrogens with one attached hydrogen (secondary N) is 1. The lowest BCUT2D eigenvalue weighted by atomic mass is 10.0. The first kappa shape index (κ1) is 14.2. The molecule has 2 unspecified atom stereocenters. The van der Waals surface area contributed by atoms with Gasteiger partial charge in [0.2, 0.25) is 0 Å². The minimum absolute atomic E-state index is 0.00912. The second-order valence-corrected chi connectivity index (χ2v) is 4.87. The normalized spacial score (nSPS) is 21.4. The van der Waals surface area contributed by atoms with Crippen molar-refractivity contribution in [2.75, 3.05) is 26.9 Å². The van der Waals surface area contributed by atoms with E-state index < -0.39 is 0 Å². The molecule has 0 aliphatic carbocycles. The van der Waals surface area contributed by atoms with Gasteiger partial charge < -0.3 is 19.5 Å². The maximum Gasteiger partial charge on any atom is 0.138 e. The molecule has 2 heterocycles. The molecule has 0 spiro atoms. The summed E-state index contributed by atoms with van der Waals surface area (Å²) < 4.78 is 16.9. The number of hydrogen-bond acceptors (Lipinski definition) is 5. The van der Waals surface area contributed by atoms with Gasteiger partial charge in [-0.25, -0.2) is 0 Å². The van der Waals surface area contributed by atoms with E-state index in [1.165, 1.54) is 0 Å². The van der Waals surface area contributed by atoms with E-state index in [1.807, 2.05) is 33.2 Å². The van der Waals surface area contributed by atoms with Gasteiger partial charge in [-0.2, -0.15) is 0 Å². The molecule has 0 aromatic carbocycles. The molecule has 1 aromatic heterocycles. The van der Waals surface area contributed by atoms with Gasteiger partial charge in [-0.15, -0.1) is 0 Å². The molecule has 2 rings (SSSR count). The predicted molar refractivity (Wildman–Crippen MR) is 72.4 cm³/mol. The molecule has 0 radical (unpaired) electrons. The van der Waals surface area contributed by atoms with Crippen LogP contribution in [0.25, 0.3) is 0 Å². The number of rotatable bonds is 5. The fraction of sp³-hybridized carbons (Fsp3) is 0.643. The summed E-state index contributed by atoms with van der Waals surface area (Å²) in [4.78, 5) is 4.24. The van der Waals surface area contributed by atoms with Gasteiger partial charge in [-0.05, 0) is 32.5 Å². The van der Waals surface area contributed by atoms with Crippen LogP contribution in [0.15, 0.2) is 18.5 Å². The van der Waals surface area contributed by atoms with E-state index in [-0.39, 0.29) is 18.2 Å². The average Bonchev–Trinajstić information content (AvgIpc) is 2.40. The lowest BCUT2D eigenvalue weighted by molar-refractivity contribution is -0.101. The molecule has 1 aromatic rings. The molecule has 19 heavy (non-hydrogen) atoms. The van der Waals surface area contributed by atoms with Crippen LogP contribution < -0.4 is 10.1 Å². The van der Waals surface area contributed by atoms with Crippen LogP contribution in [0.2, 0.25) is 0 Å². The summed E-state index contributed by atoms with van der Waals surface area (Å²) in [7, 11) is 1.92. The number of likely N-dealkylation sites (N-methyl/N-ethyl adjacent to an activating group) is 1. The molecular weight excluding hydrogens is 244 g/mol. The van der Waals surface area contributed by atoms with Gasteiger partial charge in [0.05, 0.1) is 38.2 Å². The summed E-state index contributed by atoms with van der Waals surface area (Å²) in [6, 6.07) is 2.06. The van der Waals surface area contributed by atoms with Crippen molar-refractivity contribution in [1.29, 1.82) is 0 Å². The van der Waals surface area contributed by atoms with Crippen molar-refractivity contribution in [3.63, 3.8) is 0 Å². The molecule has 1 aliphatic heterocycles. The fourth-order valence-electron chi connectivity index (χ4n) is 2.21. The number of ether oxygens (including phenoxy) is 3. The number of pyridine rings is 1. The summed E-state index contributed by atoms with van der Waals surface area (Å²) in [6.07, 6.45) is 3.72. The molecule has 0 saturated carbocycles. The SMILES string of the molecule is CNC(c1cncc(OC(C)C)c1)C1COCCO1. The molecule has 0 bridgehead atoms. The van der Waals surface area contributed by atoms with Crippen LogP contribution in [-0.4, -0.2) is 44.1 Å². The second-order valence-electron chi connectivity index (χ2n) is 4.87. The average molecular weight is 266 g/mol. The quantitative estimate of drug-likeness (QED) is 0.876. The monoisotopic (exact) mass is 266 g/mol. The molecule has 1 fully saturated rings. The summed E-state index contributed by atoms with van der Waals surface area (Å²) in [5.41, 5.74) is 1.05. The molecule has 1 saturated heterocycles. The van der Waals surface area contributed by atoms with Crippen LogP contribution >= 0.6 is 0 Å². The summed E-state index contributed by atoms with van der Waals surface area (Å²) >= 11 is 0. The number of aromatic nitrogens is 1. The Bertz CT molecular complexity index is 392. The van der Waals surface area contributed by atoms with E-state index in [4.69, 9.17) is 14.2 Å². The molecular formula is C14H22N2O3. The van der Waals surface area contributed by atoms with Gasteiger partial charge in [0.1, 0.15) is 11.9 Å². The maximum atomic E-state index is 5.75. The molecule has 1 aliphatic rings. The minimum atomic E-state index is 0.00912.